The minimum absolute atomic E-state index is 0.107. The number of carbonyl (C=O) groups excluding carboxylic acids is 1. The number of rotatable bonds is 4. The van der Waals surface area contributed by atoms with E-state index >= 15 is 0 Å². The van der Waals surface area contributed by atoms with Gasteiger partial charge in [-0.05, 0) is 47.6 Å². The number of alkyl halides is 6. The van der Waals surface area contributed by atoms with Crippen LogP contribution in [0.25, 0.3) is 11.0 Å². The standard InChI is InChI=1S/C19H15F6N3OS/c1-10(29)26-8-11-2-5-15-16(6-11)28(17(30)27-15)9-12-3-4-13(18(20,21)22)7-14(12)19(23,24)25/h2-7H,8-9H2,1H3,(H,26,29)(H,27,30). The largest absolute Gasteiger partial charge is 0.416 e. The van der Waals surface area contributed by atoms with Crippen LogP contribution in [0.2, 0.25) is 0 Å². The zero-order valence-electron chi connectivity index (χ0n) is 15.4. The summed E-state index contributed by atoms with van der Waals surface area (Å²) in [5.41, 5.74) is -1.40. The molecule has 2 aromatic carbocycles. The highest BCUT2D eigenvalue weighted by Crippen LogP contribution is 2.37. The van der Waals surface area contributed by atoms with Gasteiger partial charge in [-0.3, -0.25) is 4.79 Å². The van der Waals surface area contributed by atoms with Crippen LogP contribution < -0.4 is 5.32 Å². The van der Waals surface area contributed by atoms with Crippen LogP contribution in [-0.4, -0.2) is 15.5 Å². The lowest BCUT2D eigenvalue weighted by Crippen LogP contribution is -2.18. The van der Waals surface area contributed by atoms with Gasteiger partial charge in [0.05, 0.1) is 28.7 Å². The molecule has 1 heterocycles. The Morgan fingerprint density at radius 3 is 2.37 bits per heavy atom. The van der Waals surface area contributed by atoms with Gasteiger partial charge in [0, 0.05) is 13.5 Å². The van der Waals surface area contributed by atoms with Crippen molar-refractivity contribution in [3.8, 4) is 0 Å². The van der Waals surface area contributed by atoms with Crippen LogP contribution >= 0.6 is 12.2 Å². The molecule has 3 aromatic rings. The molecule has 0 bridgehead atoms. The monoisotopic (exact) mass is 447 g/mol. The summed E-state index contributed by atoms with van der Waals surface area (Å²) in [6.45, 7) is 1.17. The third kappa shape index (κ3) is 4.66. The van der Waals surface area contributed by atoms with Gasteiger partial charge in [0.25, 0.3) is 0 Å². The van der Waals surface area contributed by atoms with E-state index in [9.17, 15) is 31.1 Å². The van der Waals surface area contributed by atoms with Crippen LogP contribution in [0.4, 0.5) is 26.3 Å². The summed E-state index contributed by atoms with van der Waals surface area (Å²) in [4.78, 5) is 14.0. The Labute approximate surface area is 171 Å². The van der Waals surface area contributed by atoms with E-state index in [4.69, 9.17) is 12.2 Å². The van der Waals surface area contributed by atoms with E-state index in [1.54, 1.807) is 18.2 Å². The minimum atomic E-state index is -4.97. The fourth-order valence-corrected chi connectivity index (χ4v) is 3.29. The quantitative estimate of drug-likeness (QED) is 0.415. The number of imidazole rings is 1. The molecule has 0 aliphatic heterocycles. The second kappa shape index (κ2) is 7.78. The smallest absolute Gasteiger partial charge is 0.352 e. The molecule has 0 fully saturated rings. The van der Waals surface area contributed by atoms with Crippen molar-refractivity contribution in [3.63, 3.8) is 0 Å². The fourth-order valence-electron chi connectivity index (χ4n) is 3.02. The topological polar surface area (TPSA) is 49.8 Å². The van der Waals surface area contributed by atoms with Gasteiger partial charge < -0.3 is 14.9 Å². The number of nitrogens with one attached hydrogen (secondary N) is 2. The summed E-state index contributed by atoms with van der Waals surface area (Å²) in [6.07, 6.45) is -9.87. The Morgan fingerprint density at radius 2 is 1.77 bits per heavy atom. The Balaban J connectivity index is 2.07. The number of hydrogen-bond donors (Lipinski definition) is 2. The summed E-state index contributed by atoms with van der Waals surface area (Å²) in [5.74, 6) is -0.249. The molecule has 160 valence electrons. The van der Waals surface area contributed by atoms with Crippen molar-refractivity contribution in [1.29, 1.82) is 0 Å². The predicted octanol–water partition coefficient (Wildman–Crippen LogP) is 5.42. The van der Waals surface area contributed by atoms with Gasteiger partial charge in [-0.25, -0.2) is 0 Å². The first-order valence-corrected chi connectivity index (χ1v) is 9.00. The minimum Gasteiger partial charge on any atom is -0.352 e. The van der Waals surface area contributed by atoms with E-state index in [1.165, 1.54) is 11.5 Å². The van der Waals surface area contributed by atoms with Crippen molar-refractivity contribution in [1.82, 2.24) is 14.9 Å². The molecule has 11 heteroatoms. The van der Waals surface area contributed by atoms with E-state index in [0.29, 0.717) is 22.7 Å². The Bertz CT molecular complexity index is 1160. The van der Waals surface area contributed by atoms with Gasteiger partial charge in [-0.15, -0.1) is 0 Å². The lowest BCUT2D eigenvalue weighted by molar-refractivity contribution is -0.143. The molecule has 0 unspecified atom stereocenters. The average molecular weight is 447 g/mol. The van der Waals surface area contributed by atoms with Gasteiger partial charge in [0.1, 0.15) is 0 Å². The van der Waals surface area contributed by atoms with Crippen LogP contribution in [0.15, 0.2) is 36.4 Å². The SMILES string of the molecule is CC(=O)NCc1ccc2[nH]c(=S)n(Cc3ccc(C(F)(F)F)cc3C(F)(F)F)c2c1. The van der Waals surface area contributed by atoms with Crippen molar-refractivity contribution >= 4 is 29.2 Å². The number of nitrogens with zero attached hydrogens (tertiary/aromatic N) is 1. The molecule has 0 aliphatic carbocycles. The van der Waals surface area contributed by atoms with Crippen molar-refractivity contribution in [3.05, 3.63) is 63.4 Å². The molecule has 0 spiro atoms. The van der Waals surface area contributed by atoms with Gasteiger partial charge in [0.15, 0.2) is 4.77 Å². The van der Waals surface area contributed by atoms with E-state index in [2.05, 4.69) is 10.3 Å². The third-order valence-corrected chi connectivity index (χ3v) is 4.77. The van der Waals surface area contributed by atoms with Gasteiger partial charge in [0.2, 0.25) is 5.91 Å². The summed E-state index contributed by atoms with van der Waals surface area (Å²) in [7, 11) is 0. The predicted molar refractivity (Wildman–Crippen MR) is 100 cm³/mol. The fraction of sp³-hybridized carbons (Fsp3) is 0.263. The molecule has 4 nitrogen and oxygen atoms in total. The number of fused-ring (bicyclic) bond motifs is 1. The lowest BCUT2D eigenvalue weighted by Gasteiger charge is -2.16. The van der Waals surface area contributed by atoms with Gasteiger partial charge in [-0.2, -0.15) is 26.3 Å². The summed E-state index contributed by atoms with van der Waals surface area (Å²) in [5, 5.41) is 2.61. The molecule has 0 radical (unpaired) electrons. The molecule has 1 aromatic heterocycles. The molecule has 30 heavy (non-hydrogen) atoms. The average Bonchev–Trinajstić information content (AvgIpc) is 2.93. The summed E-state index contributed by atoms with van der Waals surface area (Å²) in [6, 6.07) is 6.56. The molecule has 0 saturated heterocycles. The second-order valence-corrected chi connectivity index (χ2v) is 7.03. The highest BCUT2D eigenvalue weighted by molar-refractivity contribution is 7.71. The van der Waals surface area contributed by atoms with E-state index in [1.807, 2.05) is 0 Å². The van der Waals surface area contributed by atoms with Crippen molar-refractivity contribution in [2.24, 2.45) is 0 Å². The highest BCUT2D eigenvalue weighted by atomic mass is 32.1. The van der Waals surface area contributed by atoms with Crippen LogP contribution in [-0.2, 0) is 30.2 Å². The van der Waals surface area contributed by atoms with E-state index in [-0.39, 0.29) is 35.4 Å². The summed E-state index contributed by atoms with van der Waals surface area (Å²) >= 11 is 5.20. The number of aromatic amines is 1. The van der Waals surface area contributed by atoms with Crippen LogP contribution in [0.1, 0.15) is 29.2 Å². The summed E-state index contributed by atoms with van der Waals surface area (Å²) < 4.78 is 80.5. The molecule has 1 amide bonds. The van der Waals surface area contributed by atoms with E-state index in [0.717, 1.165) is 6.07 Å². The lowest BCUT2D eigenvalue weighted by atomic mass is 10.0. The zero-order chi connectivity index (χ0) is 22.3. The second-order valence-electron chi connectivity index (χ2n) is 6.64. The van der Waals surface area contributed by atoms with Crippen molar-refractivity contribution in [2.75, 3.05) is 0 Å². The first-order valence-electron chi connectivity index (χ1n) is 8.59. The van der Waals surface area contributed by atoms with Crippen molar-refractivity contribution < 1.29 is 31.1 Å². The number of amides is 1. The molecule has 0 atom stereocenters. The normalized spacial score (nSPS) is 12.4. The molecule has 0 aliphatic rings. The van der Waals surface area contributed by atoms with Crippen LogP contribution in [0, 0.1) is 4.77 Å². The van der Waals surface area contributed by atoms with Gasteiger partial charge >= 0.3 is 12.4 Å². The molecular weight excluding hydrogens is 432 g/mol. The molecular formula is C19H15F6N3OS. The first kappa shape index (κ1) is 21.9. The third-order valence-electron chi connectivity index (χ3n) is 4.45. The molecule has 0 saturated carbocycles. The van der Waals surface area contributed by atoms with E-state index < -0.39 is 23.5 Å². The van der Waals surface area contributed by atoms with Crippen LogP contribution in [0.3, 0.4) is 0 Å². The molecule has 3 rings (SSSR count). The maximum Gasteiger partial charge on any atom is 0.416 e. The Hall–Kier alpha value is -2.82. The van der Waals surface area contributed by atoms with Gasteiger partial charge in [-0.1, -0.05) is 12.1 Å². The maximum atomic E-state index is 13.4. The number of aromatic nitrogens is 2. The number of H-pyrrole nitrogens is 1. The highest BCUT2D eigenvalue weighted by Gasteiger charge is 2.38. The number of halogens is 6. The number of hydrogen-bond acceptors (Lipinski definition) is 2. The van der Waals surface area contributed by atoms with Crippen molar-refractivity contribution in [2.45, 2.75) is 32.4 Å². The Kier molecular flexibility index (Phi) is 5.68. The number of benzene rings is 2. The maximum absolute atomic E-state index is 13.4. The zero-order valence-corrected chi connectivity index (χ0v) is 16.2. The molecule has 2 N–H and O–H groups in total. The van der Waals surface area contributed by atoms with Crippen LogP contribution in [0.5, 0.6) is 0 Å². The first-order chi connectivity index (χ1) is 13.9. The number of carbonyl (C=O) groups is 1. The Morgan fingerprint density at radius 1 is 1.07 bits per heavy atom.